The van der Waals surface area contributed by atoms with Gasteiger partial charge in [-0.15, -0.1) is 0 Å². The van der Waals surface area contributed by atoms with Crippen LogP contribution in [0.25, 0.3) is 10.1 Å². The molecule has 94 valence electrons. The normalized spacial score (nSPS) is 18.3. The number of fused-ring (bicyclic) bond motifs is 1. The maximum atomic E-state index is 11.8. The van der Waals surface area contributed by atoms with Crippen LogP contribution in [0.2, 0.25) is 0 Å². The molecule has 3 rings (SSSR count). The summed E-state index contributed by atoms with van der Waals surface area (Å²) < 4.78 is 5.46. The molecular formula is C14H15NO2S. The smallest absolute Gasteiger partial charge is 0.314 e. The Kier molecular flexibility index (Phi) is 2.63. The number of benzene rings is 1. The van der Waals surface area contributed by atoms with Crippen LogP contribution >= 0.6 is 11.5 Å². The number of carboxylic acids is 1. The lowest BCUT2D eigenvalue weighted by atomic mass is 9.77. The Morgan fingerprint density at radius 3 is 2.78 bits per heavy atom. The number of carbonyl (C=O) groups is 1. The summed E-state index contributed by atoms with van der Waals surface area (Å²) >= 11 is 1.45. The van der Waals surface area contributed by atoms with Gasteiger partial charge in [0.15, 0.2) is 0 Å². The second kappa shape index (κ2) is 4.05. The standard InChI is InChI=1S/C14H15NO2S/c1-9-12-10(5-4-6-11(12)18-15-9)14(13(16)17)7-2-3-8-14/h4-6H,2-3,7-8H2,1H3,(H,16,17). The van der Waals surface area contributed by atoms with Crippen LogP contribution in [0.1, 0.15) is 36.9 Å². The first-order valence-electron chi connectivity index (χ1n) is 6.24. The molecule has 1 saturated carbocycles. The number of rotatable bonds is 2. The summed E-state index contributed by atoms with van der Waals surface area (Å²) in [6, 6.07) is 5.95. The Hall–Kier alpha value is -1.42. The van der Waals surface area contributed by atoms with Crippen molar-refractivity contribution in [2.75, 3.05) is 0 Å². The van der Waals surface area contributed by atoms with Gasteiger partial charge in [0.25, 0.3) is 0 Å². The zero-order valence-electron chi connectivity index (χ0n) is 10.3. The topological polar surface area (TPSA) is 50.2 Å². The summed E-state index contributed by atoms with van der Waals surface area (Å²) in [5.41, 5.74) is 1.24. The molecule has 0 aliphatic heterocycles. The van der Waals surface area contributed by atoms with Gasteiger partial charge < -0.3 is 5.11 Å². The van der Waals surface area contributed by atoms with E-state index in [1.54, 1.807) is 0 Å². The first-order valence-corrected chi connectivity index (χ1v) is 7.01. The Balaban J connectivity index is 2.30. The minimum absolute atomic E-state index is 0.682. The van der Waals surface area contributed by atoms with Crippen LogP contribution < -0.4 is 0 Å². The molecule has 18 heavy (non-hydrogen) atoms. The van der Waals surface area contributed by atoms with Gasteiger partial charge in [-0.1, -0.05) is 25.0 Å². The summed E-state index contributed by atoms with van der Waals surface area (Å²) in [6.45, 7) is 1.97. The van der Waals surface area contributed by atoms with E-state index in [9.17, 15) is 9.90 Å². The van der Waals surface area contributed by atoms with Crippen molar-refractivity contribution in [3.63, 3.8) is 0 Å². The Morgan fingerprint density at radius 1 is 1.39 bits per heavy atom. The highest BCUT2D eigenvalue weighted by Gasteiger charge is 2.44. The van der Waals surface area contributed by atoms with Crippen LogP contribution in [0, 0.1) is 6.92 Å². The Bertz CT molecular complexity index is 611. The Labute approximate surface area is 110 Å². The molecule has 1 aliphatic rings. The van der Waals surface area contributed by atoms with E-state index in [0.717, 1.165) is 47.0 Å². The zero-order chi connectivity index (χ0) is 12.8. The third kappa shape index (κ3) is 1.48. The highest BCUT2D eigenvalue weighted by Crippen LogP contribution is 2.45. The average molecular weight is 261 g/mol. The molecule has 0 saturated heterocycles. The molecule has 0 amide bonds. The van der Waals surface area contributed by atoms with Crippen molar-refractivity contribution in [1.82, 2.24) is 4.37 Å². The van der Waals surface area contributed by atoms with Crippen molar-refractivity contribution >= 4 is 27.6 Å². The number of aryl methyl sites for hydroxylation is 1. The van der Waals surface area contributed by atoms with Gasteiger partial charge in [0.1, 0.15) is 0 Å². The van der Waals surface area contributed by atoms with Crippen LogP contribution in [0.3, 0.4) is 0 Å². The van der Waals surface area contributed by atoms with Crippen LogP contribution in [-0.4, -0.2) is 15.4 Å². The predicted octanol–water partition coefficient (Wildman–Crippen LogP) is 3.50. The van der Waals surface area contributed by atoms with Gasteiger partial charge in [0, 0.05) is 5.39 Å². The maximum absolute atomic E-state index is 11.8. The van der Waals surface area contributed by atoms with Crippen molar-refractivity contribution in [3.05, 3.63) is 29.5 Å². The first kappa shape index (κ1) is 11.7. The number of hydrogen-bond acceptors (Lipinski definition) is 3. The third-order valence-electron chi connectivity index (χ3n) is 4.05. The molecular weight excluding hydrogens is 246 g/mol. The molecule has 0 radical (unpaired) electrons. The zero-order valence-corrected chi connectivity index (χ0v) is 11.1. The predicted molar refractivity (Wildman–Crippen MR) is 72.1 cm³/mol. The van der Waals surface area contributed by atoms with Crippen molar-refractivity contribution in [2.45, 2.75) is 38.0 Å². The van der Waals surface area contributed by atoms with Crippen LogP contribution in [0.15, 0.2) is 18.2 Å². The molecule has 1 heterocycles. The molecule has 3 nitrogen and oxygen atoms in total. The van der Waals surface area contributed by atoms with Crippen molar-refractivity contribution < 1.29 is 9.90 Å². The van der Waals surface area contributed by atoms with E-state index in [0.29, 0.717) is 0 Å². The SMILES string of the molecule is Cc1nsc2cccc(C3(C(=O)O)CCCC3)c12. The molecule has 1 N–H and O–H groups in total. The second-order valence-corrected chi connectivity index (χ2v) is 5.85. The highest BCUT2D eigenvalue weighted by atomic mass is 32.1. The number of carboxylic acid groups (broad SMARTS) is 1. The summed E-state index contributed by atoms with van der Waals surface area (Å²) in [5, 5.41) is 10.7. The number of hydrogen-bond donors (Lipinski definition) is 1. The van der Waals surface area contributed by atoms with Gasteiger partial charge in [-0.2, -0.15) is 4.37 Å². The maximum Gasteiger partial charge on any atom is 0.314 e. The molecule has 0 atom stereocenters. The fourth-order valence-corrected chi connectivity index (χ4v) is 3.93. The fraction of sp³-hybridized carbons (Fsp3) is 0.429. The molecule has 0 bridgehead atoms. The lowest BCUT2D eigenvalue weighted by Gasteiger charge is -2.25. The summed E-state index contributed by atoms with van der Waals surface area (Å²) in [4.78, 5) is 11.8. The number of aliphatic carboxylic acids is 1. The van der Waals surface area contributed by atoms with E-state index in [1.165, 1.54) is 11.5 Å². The van der Waals surface area contributed by atoms with Crippen molar-refractivity contribution in [2.24, 2.45) is 0 Å². The summed E-state index contributed by atoms with van der Waals surface area (Å²) in [5.74, 6) is -0.682. The van der Waals surface area contributed by atoms with Crippen molar-refractivity contribution in [3.8, 4) is 0 Å². The fourth-order valence-electron chi connectivity index (χ4n) is 3.12. The monoisotopic (exact) mass is 261 g/mol. The minimum atomic E-state index is -0.687. The highest BCUT2D eigenvalue weighted by molar-refractivity contribution is 7.13. The second-order valence-electron chi connectivity index (χ2n) is 5.04. The lowest BCUT2D eigenvalue weighted by molar-refractivity contribution is -0.143. The largest absolute Gasteiger partial charge is 0.481 e. The van der Waals surface area contributed by atoms with E-state index in [1.807, 2.05) is 25.1 Å². The minimum Gasteiger partial charge on any atom is -0.481 e. The average Bonchev–Trinajstić information content (AvgIpc) is 2.97. The molecule has 1 aliphatic carbocycles. The molecule has 4 heteroatoms. The van der Waals surface area contributed by atoms with Gasteiger partial charge >= 0.3 is 5.97 Å². The van der Waals surface area contributed by atoms with Gasteiger partial charge in [-0.25, -0.2) is 0 Å². The third-order valence-corrected chi connectivity index (χ3v) is 4.95. The molecule has 1 aromatic carbocycles. The van der Waals surface area contributed by atoms with E-state index >= 15 is 0 Å². The van der Waals surface area contributed by atoms with E-state index < -0.39 is 11.4 Å². The van der Waals surface area contributed by atoms with Crippen LogP contribution in [0.4, 0.5) is 0 Å². The lowest BCUT2D eigenvalue weighted by Crippen LogP contribution is -2.32. The van der Waals surface area contributed by atoms with Crippen LogP contribution in [-0.2, 0) is 10.2 Å². The Morgan fingerprint density at radius 2 is 2.11 bits per heavy atom. The van der Waals surface area contributed by atoms with Gasteiger partial charge in [0.2, 0.25) is 0 Å². The van der Waals surface area contributed by atoms with Gasteiger partial charge in [0.05, 0.1) is 15.8 Å². The number of aromatic nitrogens is 1. The van der Waals surface area contributed by atoms with Crippen molar-refractivity contribution in [1.29, 1.82) is 0 Å². The molecule has 0 spiro atoms. The number of nitrogens with zero attached hydrogens (tertiary/aromatic N) is 1. The summed E-state index contributed by atoms with van der Waals surface area (Å²) in [7, 11) is 0. The molecule has 1 aromatic heterocycles. The van der Waals surface area contributed by atoms with Gasteiger partial charge in [-0.05, 0) is 42.9 Å². The quantitative estimate of drug-likeness (QED) is 0.900. The summed E-state index contributed by atoms with van der Waals surface area (Å²) in [6.07, 6.45) is 3.49. The molecule has 1 fully saturated rings. The molecule has 2 aromatic rings. The van der Waals surface area contributed by atoms with E-state index in [-0.39, 0.29) is 0 Å². The first-order chi connectivity index (χ1) is 8.65. The van der Waals surface area contributed by atoms with Crippen LogP contribution in [0.5, 0.6) is 0 Å². The van der Waals surface area contributed by atoms with E-state index in [4.69, 9.17) is 0 Å². The molecule has 0 unspecified atom stereocenters. The van der Waals surface area contributed by atoms with E-state index in [2.05, 4.69) is 4.37 Å². The van der Waals surface area contributed by atoms with Gasteiger partial charge in [-0.3, -0.25) is 4.79 Å².